The van der Waals surface area contributed by atoms with Gasteiger partial charge in [-0.25, -0.2) is 4.90 Å². The van der Waals surface area contributed by atoms with E-state index < -0.39 is 29.6 Å². The van der Waals surface area contributed by atoms with Gasteiger partial charge in [0.05, 0.1) is 23.4 Å². The van der Waals surface area contributed by atoms with Crippen LogP contribution in [0.1, 0.15) is 22.6 Å². The minimum Gasteiger partial charge on any atom is -0.454 e. The van der Waals surface area contributed by atoms with Gasteiger partial charge in [0.25, 0.3) is 0 Å². The van der Waals surface area contributed by atoms with Crippen molar-refractivity contribution in [2.45, 2.75) is 12.8 Å². The van der Waals surface area contributed by atoms with Crippen LogP contribution in [-0.4, -0.2) is 24.6 Å². The molecule has 0 saturated carbocycles. The minimum absolute atomic E-state index is 0.127. The predicted octanol–water partition coefficient (Wildman–Crippen LogP) is 5.40. The van der Waals surface area contributed by atoms with Crippen molar-refractivity contribution in [2.24, 2.45) is 17.8 Å². The van der Waals surface area contributed by atoms with E-state index in [0.717, 1.165) is 33.0 Å². The van der Waals surface area contributed by atoms with E-state index in [1.165, 1.54) is 4.90 Å². The Morgan fingerprint density at radius 2 is 1.52 bits per heavy atom. The number of benzene rings is 4. The molecule has 8 rings (SSSR count). The smallest absolute Gasteiger partial charge is 0.319 e. The highest BCUT2D eigenvalue weighted by atomic mass is 16.7. The summed E-state index contributed by atoms with van der Waals surface area (Å²) in [6, 6.07) is 24.6. The summed E-state index contributed by atoms with van der Waals surface area (Å²) in [5.41, 5.74) is 3.67. The summed E-state index contributed by atoms with van der Waals surface area (Å²) in [7, 11) is 0. The van der Waals surface area contributed by atoms with E-state index in [2.05, 4.69) is 0 Å². The normalized spacial score (nSPS) is 24.4. The molecule has 0 bridgehead atoms. The van der Waals surface area contributed by atoms with E-state index in [0.29, 0.717) is 22.9 Å². The molecule has 40 heavy (non-hydrogen) atoms. The van der Waals surface area contributed by atoms with E-state index >= 15 is 0 Å². The molecular weight excluding hydrogens is 506 g/mol. The number of esters is 1. The molecule has 1 aliphatic carbocycles. The molecule has 1 fully saturated rings. The first-order valence-corrected chi connectivity index (χ1v) is 13.3. The summed E-state index contributed by atoms with van der Waals surface area (Å²) in [6.07, 6.45) is 2.00. The number of ether oxygens (including phenoxy) is 3. The van der Waals surface area contributed by atoms with Crippen LogP contribution in [0.15, 0.2) is 84.9 Å². The molecule has 4 aliphatic rings. The van der Waals surface area contributed by atoms with Gasteiger partial charge in [0, 0.05) is 11.5 Å². The average Bonchev–Trinajstić information content (AvgIpc) is 3.54. The van der Waals surface area contributed by atoms with Crippen LogP contribution in [0.3, 0.4) is 0 Å². The van der Waals surface area contributed by atoms with Crippen molar-refractivity contribution >= 4 is 39.8 Å². The molecule has 2 amide bonds. The van der Waals surface area contributed by atoms with Crippen LogP contribution in [0.4, 0.5) is 5.69 Å². The summed E-state index contributed by atoms with van der Waals surface area (Å²) >= 11 is 0. The highest BCUT2D eigenvalue weighted by Crippen LogP contribution is 2.56. The zero-order valence-electron chi connectivity index (χ0n) is 21.5. The molecule has 0 aromatic heterocycles. The standard InChI is InChI=1S/C33H23NO6/c1-17-6-2-5-9-23(17)34-31(35)28-21(19-11-12-24-26(14-19)39-16-38-24)15-22-27-20-8-4-3-7-18(20)10-13-25(27)40-33(37)29(22)30(28)32(34)36/h2-15,21,28-30H,16H2,1H3/t21-,28+,29-,30+/m1/s1. The van der Waals surface area contributed by atoms with Crippen LogP contribution in [0, 0.1) is 24.7 Å². The third-order valence-corrected chi connectivity index (χ3v) is 8.62. The third-order valence-electron chi connectivity index (χ3n) is 8.62. The van der Waals surface area contributed by atoms with Crippen molar-refractivity contribution in [1.82, 2.24) is 0 Å². The molecule has 1 saturated heterocycles. The van der Waals surface area contributed by atoms with Gasteiger partial charge in [-0.15, -0.1) is 0 Å². The lowest BCUT2D eigenvalue weighted by molar-refractivity contribution is -0.142. The second-order valence-electron chi connectivity index (χ2n) is 10.7. The number of rotatable bonds is 2. The Hall–Kier alpha value is -4.91. The van der Waals surface area contributed by atoms with E-state index in [1.54, 1.807) is 18.2 Å². The lowest BCUT2D eigenvalue weighted by Gasteiger charge is -2.38. The number of allylic oxidation sites excluding steroid dienone is 1. The number of imide groups is 1. The second kappa shape index (κ2) is 8.29. The highest BCUT2D eigenvalue weighted by molar-refractivity contribution is 6.25. The Kier molecular flexibility index (Phi) is 4.77. The van der Waals surface area contributed by atoms with Gasteiger partial charge in [0.2, 0.25) is 18.6 Å². The van der Waals surface area contributed by atoms with Crippen LogP contribution in [0.2, 0.25) is 0 Å². The van der Waals surface area contributed by atoms with Gasteiger partial charge in [-0.1, -0.05) is 60.7 Å². The molecule has 4 atom stereocenters. The largest absolute Gasteiger partial charge is 0.454 e. The molecule has 3 aliphatic heterocycles. The molecule has 196 valence electrons. The lowest BCUT2D eigenvalue weighted by atomic mass is 9.64. The van der Waals surface area contributed by atoms with Crippen LogP contribution in [0.25, 0.3) is 16.3 Å². The number of carbonyl (C=O) groups excluding carboxylic acids is 3. The maximum atomic E-state index is 14.3. The number of anilines is 1. The summed E-state index contributed by atoms with van der Waals surface area (Å²) in [4.78, 5) is 43.4. The molecule has 0 unspecified atom stereocenters. The summed E-state index contributed by atoms with van der Waals surface area (Å²) in [5, 5.41) is 1.93. The van der Waals surface area contributed by atoms with Gasteiger partial charge in [-0.2, -0.15) is 0 Å². The van der Waals surface area contributed by atoms with Crippen molar-refractivity contribution in [3.63, 3.8) is 0 Å². The second-order valence-corrected chi connectivity index (χ2v) is 10.7. The number of nitrogens with zero attached hydrogens (tertiary/aromatic N) is 1. The quantitative estimate of drug-likeness (QED) is 0.197. The van der Waals surface area contributed by atoms with Crippen LogP contribution < -0.4 is 19.1 Å². The number of hydrogen-bond donors (Lipinski definition) is 0. The topological polar surface area (TPSA) is 82.1 Å². The van der Waals surface area contributed by atoms with E-state index in [-0.39, 0.29) is 18.6 Å². The Balaban J connectivity index is 1.38. The summed E-state index contributed by atoms with van der Waals surface area (Å²) in [6.45, 7) is 2.00. The van der Waals surface area contributed by atoms with Gasteiger partial charge < -0.3 is 14.2 Å². The Bertz CT molecular complexity index is 1820. The van der Waals surface area contributed by atoms with Gasteiger partial charge >= 0.3 is 5.97 Å². The van der Waals surface area contributed by atoms with Gasteiger partial charge in [-0.05, 0) is 58.7 Å². The molecule has 0 spiro atoms. The minimum atomic E-state index is -0.915. The number of fused-ring (bicyclic) bond motifs is 8. The van der Waals surface area contributed by atoms with Gasteiger partial charge in [-0.3, -0.25) is 14.4 Å². The van der Waals surface area contributed by atoms with Crippen LogP contribution in [0.5, 0.6) is 17.2 Å². The summed E-state index contributed by atoms with van der Waals surface area (Å²) < 4.78 is 17.0. The van der Waals surface area contributed by atoms with Crippen molar-refractivity contribution in [2.75, 3.05) is 11.7 Å². The molecule has 0 radical (unpaired) electrons. The van der Waals surface area contributed by atoms with Crippen molar-refractivity contribution in [3.05, 3.63) is 102 Å². The molecule has 3 heterocycles. The number of carbonyl (C=O) groups is 3. The van der Waals surface area contributed by atoms with Gasteiger partial charge in [0.1, 0.15) is 5.75 Å². The molecule has 4 aromatic carbocycles. The highest BCUT2D eigenvalue weighted by Gasteiger charge is 2.60. The fourth-order valence-electron chi connectivity index (χ4n) is 6.83. The monoisotopic (exact) mass is 529 g/mol. The number of hydrogen-bond acceptors (Lipinski definition) is 6. The average molecular weight is 530 g/mol. The summed E-state index contributed by atoms with van der Waals surface area (Å²) in [5.74, 6) is -2.61. The zero-order chi connectivity index (χ0) is 27.1. The SMILES string of the molecule is Cc1ccccc1N1C(=O)[C@@H]2[C@@H]3C(=O)Oc4ccc5ccccc5c4C3=C[C@H](c3ccc4c(c3)OCO4)[C@@H]2C1=O. The number of para-hydroxylation sites is 1. The number of aryl methyl sites for hydroxylation is 1. The Labute approximate surface area is 229 Å². The Morgan fingerprint density at radius 3 is 2.40 bits per heavy atom. The van der Waals surface area contributed by atoms with Crippen LogP contribution in [-0.2, 0) is 14.4 Å². The van der Waals surface area contributed by atoms with Crippen molar-refractivity contribution in [1.29, 1.82) is 0 Å². The van der Waals surface area contributed by atoms with Crippen molar-refractivity contribution < 1.29 is 28.6 Å². The Morgan fingerprint density at radius 1 is 0.775 bits per heavy atom. The fourth-order valence-corrected chi connectivity index (χ4v) is 6.83. The van der Waals surface area contributed by atoms with Crippen LogP contribution >= 0.6 is 0 Å². The lowest BCUT2D eigenvalue weighted by Crippen LogP contribution is -2.42. The fraction of sp³-hybridized carbons (Fsp3) is 0.182. The zero-order valence-corrected chi connectivity index (χ0v) is 21.5. The molecule has 7 heteroatoms. The maximum absolute atomic E-state index is 14.3. The molecule has 4 aromatic rings. The molecule has 7 nitrogen and oxygen atoms in total. The maximum Gasteiger partial charge on any atom is 0.319 e. The number of amides is 2. The van der Waals surface area contributed by atoms with Crippen molar-refractivity contribution in [3.8, 4) is 17.2 Å². The first-order valence-electron chi connectivity index (χ1n) is 13.3. The first-order chi connectivity index (χ1) is 19.5. The predicted molar refractivity (Wildman–Crippen MR) is 147 cm³/mol. The first kappa shape index (κ1) is 23.0. The molecule has 0 N–H and O–H groups in total. The van der Waals surface area contributed by atoms with Gasteiger partial charge in [0.15, 0.2) is 11.5 Å². The van der Waals surface area contributed by atoms with E-state index in [1.807, 2.05) is 73.7 Å². The third kappa shape index (κ3) is 3.09. The van der Waals surface area contributed by atoms with E-state index in [4.69, 9.17) is 14.2 Å². The molecular formula is C33H23NO6. The van der Waals surface area contributed by atoms with E-state index in [9.17, 15) is 14.4 Å².